The summed E-state index contributed by atoms with van der Waals surface area (Å²) in [7, 11) is 0. The van der Waals surface area contributed by atoms with Crippen molar-refractivity contribution in [3.05, 3.63) is 81.7 Å². The molecule has 0 saturated heterocycles. The van der Waals surface area contributed by atoms with E-state index in [-0.39, 0.29) is 11.5 Å². The Balaban J connectivity index is 1.69. The molecule has 0 aliphatic heterocycles. The Bertz CT molecular complexity index is 1270. The lowest BCUT2D eigenvalue weighted by atomic mass is 10.1. The van der Waals surface area contributed by atoms with Gasteiger partial charge in [-0.25, -0.2) is 9.97 Å². The zero-order valence-electron chi connectivity index (χ0n) is 15.8. The molecule has 140 valence electrons. The van der Waals surface area contributed by atoms with E-state index in [0.717, 1.165) is 11.2 Å². The number of hydrogen-bond donors (Lipinski definition) is 2. The summed E-state index contributed by atoms with van der Waals surface area (Å²) in [4.78, 5) is 36.2. The number of carbonyl (C=O) groups is 1. The number of amides is 1. The fourth-order valence-electron chi connectivity index (χ4n) is 3.19. The highest BCUT2D eigenvalue weighted by Gasteiger charge is 2.17. The van der Waals surface area contributed by atoms with Crippen LogP contribution in [0.15, 0.2) is 53.5 Å². The zero-order chi connectivity index (χ0) is 19.8. The van der Waals surface area contributed by atoms with Crippen molar-refractivity contribution >= 4 is 17.2 Å². The summed E-state index contributed by atoms with van der Waals surface area (Å²) in [6.07, 6.45) is 1.89. The van der Waals surface area contributed by atoms with Crippen LogP contribution in [-0.2, 0) is 0 Å². The molecule has 2 N–H and O–H groups in total. The van der Waals surface area contributed by atoms with E-state index in [9.17, 15) is 9.59 Å². The maximum atomic E-state index is 12.9. The third-order valence-electron chi connectivity index (χ3n) is 4.42. The third kappa shape index (κ3) is 3.29. The highest BCUT2D eigenvalue weighted by molar-refractivity contribution is 6.04. The Hall–Kier alpha value is -3.74. The molecule has 0 spiro atoms. The number of rotatable bonds is 3. The monoisotopic (exact) mass is 373 g/mol. The lowest BCUT2D eigenvalue weighted by Gasteiger charge is -2.08. The predicted molar refractivity (Wildman–Crippen MR) is 108 cm³/mol. The predicted octanol–water partition coefficient (Wildman–Crippen LogP) is 3.26. The summed E-state index contributed by atoms with van der Waals surface area (Å²) in [6, 6.07) is 12.5. The number of imidazole rings is 1. The fraction of sp³-hybridized carbons (Fsp3) is 0.143. The van der Waals surface area contributed by atoms with Gasteiger partial charge in [0, 0.05) is 29.2 Å². The van der Waals surface area contributed by atoms with Gasteiger partial charge in [-0.3, -0.25) is 14.0 Å². The molecule has 3 aromatic heterocycles. The van der Waals surface area contributed by atoms with Crippen molar-refractivity contribution in [2.45, 2.75) is 20.8 Å². The Morgan fingerprint density at radius 3 is 2.68 bits per heavy atom. The van der Waals surface area contributed by atoms with Crippen LogP contribution in [0.2, 0.25) is 0 Å². The van der Waals surface area contributed by atoms with Gasteiger partial charge in [-0.05, 0) is 44.5 Å². The van der Waals surface area contributed by atoms with Gasteiger partial charge < -0.3 is 10.3 Å². The van der Waals surface area contributed by atoms with Gasteiger partial charge in [0.2, 0.25) is 0 Å². The summed E-state index contributed by atoms with van der Waals surface area (Å²) in [5, 5.41) is 2.92. The number of H-pyrrole nitrogens is 1. The van der Waals surface area contributed by atoms with E-state index in [2.05, 4.69) is 20.3 Å². The first-order valence-corrected chi connectivity index (χ1v) is 8.86. The van der Waals surface area contributed by atoms with Gasteiger partial charge in [0.25, 0.3) is 11.5 Å². The highest BCUT2D eigenvalue weighted by atomic mass is 16.2. The maximum absolute atomic E-state index is 12.9. The van der Waals surface area contributed by atoms with Crippen LogP contribution in [0, 0.1) is 20.8 Å². The van der Waals surface area contributed by atoms with Crippen molar-refractivity contribution in [1.82, 2.24) is 19.4 Å². The van der Waals surface area contributed by atoms with Gasteiger partial charge in [0.05, 0.1) is 5.69 Å². The lowest BCUT2D eigenvalue weighted by molar-refractivity contribution is 0.102. The molecule has 0 saturated carbocycles. The van der Waals surface area contributed by atoms with E-state index in [1.54, 1.807) is 29.5 Å². The average molecular weight is 373 g/mol. The molecule has 0 bridgehead atoms. The number of aromatic amines is 1. The van der Waals surface area contributed by atoms with Crippen molar-refractivity contribution in [3.8, 4) is 11.4 Å². The van der Waals surface area contributed by atoms with Crippen molar-refractivity contribution in [2.24, 2.45) is 0 Å². The third-order valence-corrected chi connectivity index (χ3v) is 4.42. The van der Waals surface area contributed by atoms with E-state index in [1.807, 2.05) is 38.2 Å². The lowest BCUT2D eigenvalue weighted by Crippen LogP contribution is -2.16. The summed E-state index contributed by atoms with van der Waals surface area (Å²) >= 11 is 0. The van der Waals surface area contributed by atoms with E-state index in [4.69, 9.17) is 0 Å². The standard InChI is InChI=1S/C21H19N5O2/c1-12-7-8-17-23-14(3)19(26(17)11-12)21(28)24-16-6-4-5-15(10-16)20-22-13(2)9-18(27)25-20/h4-11H,1-3H3,(H,24,28)(H,22,25,27). The van der Waals surface area contributed by atoms with Crippen LogP contribution in [0.4, 0.5) is 5.69 Å². The Morgan fingerprint density at radius 1 is 1.07 bits per heavy atom. The minimum absolute atomic E-state index is 0.214. The number of pyridine rings is 1. The smallest absolute Gasteiger partial charge is 0.274 e. The van der Waals surface area contributed by atoms with E-state index in [0.29, 0.717) is 34.2 Å². The van der Waals surface area contributed by atoms with Crippen molar-refractivity contribution in [1.29, 1.82) is 0 Å². The zero-order valence-corrected chi connectivity index (χ0v) is 15.8. The van der Waals surface area contributed by atoms with Crippen LogP contribution in [0.3, 0.4) is 0 Å². The SMILES string of the molecule is Cc1ccc2nc(C)c(C(=O)Nc3cccc(-c4nc(C)cc(=O)[nH]4)c3)n2c1. The molecule has 0 aliphatic carbocycles. The summed E-state index contributed by atoms with van der Waals surface area (Å²) in [5.41, 5.74) is 4.64. The van der Waals surface area contributed by atoms with E-state index < -0.39 is 0 Å². The molecule has 4 rings (SSSR count). The maximum Gasteiger partial charge on any atom is 0.274 e. The second kappa shape index (κ2) is 6.77. The summed E-state index contributed by atoms with van der Waals surface area (Å²) in [5.74, 6) is 0.209. The number of fused-ring (bicyclic) bond motifs is 1. The molecule has 0 fully saturated rings. The molecule has 1 aromatic carbocycles. The second-order valence-corrected chi connectivity index (χ2v) is 6.75. The highest BCUT2D eigenvalue weighted by Crippen LogP contribution is 2.20. The molecular weight excluding hydrogens is 354 g/mol. The van der Waals surface area contributed by atoms with Gasteiger partial charge in [0.15, 0.2) is 0 Å². The number of aromatic nitrogens is 4. The van der Waals surface area contributed by atoms with Crippen molar-refractivity contribution in [3.63, 3.8) is 0 Å². The topological polar surface area (TPSA) is 92.2 Å². The van der Waals surface area contributed by atoms with Gasteiger partial charge in [-0.1, -0.05) is 18.2 Å². The van der Waals surface area contributed by atoms with Crippen LogP contribution in [0.5, 0.6) is 0 Å². The van der Waals surface area contributed by atoms with E-state index >= 15 is 0 Å². The first-order valence-electron chi connectivity index (χ1n) is 8.86. The van der Waals surface area contributed by atoms with Crippen LogP contribution < -0.4 is 10.9 Å². The summed E-state index contributed by atoms with van der Waals surface area (Å²) < 4.78 is 1.80. The number of nitrogens with one attached hydrogen (secondary N) is 2. The Kier molecular flexibility index (Phi) is 4.27. The molecule has 7 heteroatoms. The molecule has 1 amide bonds. The number of nitrogens with zero attached hydrogens (tertiary/aromatic N) is 3. The minimum Gasteiger partial charge on any atom is -0.321 e. The molecule has 0 radical (unpaired) electrons. The summed E-state index contributed by atoms with van der Waals surface area (Å²) in [6.45, 7) is 5.55. The second-order valence-electron chi connectivity index (χ2n) is 6.75. The van der Waals surface area contributed by atoms with E-state index in [1.165, 1.54) is 6.07 Å². The number of hydrogen-bond acceptors (Lipinski definition) is 4. The number of carbonyl (C=O) groups excluding carboxylic acids is 1. The Labute approximate surface area is 161 Å². The van der Waals surface area contributed by atoms with Gasteiger partial charge in [-0.2, -0.15) is 0 Å². The van der Waals surface area contributed by atoms with Crippen molar-refractivity contribution in [2.75, 3.05) is 5.32 Å². The van der Waals surface area contributed by atoms with Crippen LogP contribution in [0.25, 0.3) is 17.0 Å². The van der Waals surface area contributed by atoms with Crippen LogP contribution in [-0.4, -0.2) is 25.3 Å². The fourth-order valence-corrected chi connectivity index (χ4v) is 3.19. The quantitative estimate of drug-likeness (QED) is 0.576. The number of aryl methyl sites for hydroxylation is 3. The molecule has 3 heterocycles. The van der Waals surface area contributed by atoms with Crippen molar-refractivity contribution < 1.29 is 4.79 Å². The molecular formula is C21H19N5O2. The average Bonchev–Trinajstić information content (AvgIpc) is 2.96. The van der Waals surface area contributed by atoms with Crippen LogP contribution in [0.1, 0.15) is 27.4 Å². The van der Waals surface area contributed by atoms with Gasteiger partial charge in [0.1, 0.15) is 17.2 Å². The molecule has 4 aromatic rings. The van der Waals surface area contributed by atoms with Gasteiger partial charge >= 0.3 is 0 Å². The molecule has 0 aliphatic rings. The first kappa shape index (κ1) is 17.7. The molecule has 0 atom stereocenters. The molecule has 0 unspecified atom stereocenters. The number of benzene rings is 1. The van der Waals surface area contributed by atoms with Gasteiger partial charge in [-0.15, -0.1) is 0 Å². The molecule has 7 nitrogen and oxygen atoms in total. The molecule has 28 heavy (non-hydrogen) atoms. The minimum atomic E-state index is -0.251. The first-order chi connectivity index (χ1) is 13.4. The Morgan fingerprint density at radius 2 is 1.89 bits per heavy atom. The number of anilines is 1. The largest absolute Gasteiger partial charge is 0.321 e. The van der Waals surface area contributed by atoms with Crippen LogP contribution >= 0.6 is 0 Å². The normalized spacial score (nSPS) is 11.0.